The molecule has 0 atom stereocenters. The van der Waals surface area contributed by atoms with Crippen molar-refractivity contribution in [2.75, 3.05) is 0 Å². The van der Waals surface area contributed by atoms with Gasteiger partial charge in [0.15, 0.2) is 8.32 Å². The molecule has 2 aromatic heterocycles. The second-order valence-electron chi connectivity index (χ2n) is 13.2. The third-order valence-electron chi connectivity index (χ3n) is 9.70. The maximum atomic E-state index is 11.1. The molecule has 7 aromatic rings. The van der Waals surface area contributed by atoms with Crippen LogP contribution in [0.3, 0.4) is 0 Å². The molecular weight excluding hydrogens is 551 g/mol. The molecule has 0 amide bonds. The second kappa shape index (κ2) is 10.4. The van der Waals surface area contributed by atoms with Crippen molar-refractivity contribution < 1.29 is 4.80 Å². The van der Waals surface area contributed by atoms with E-state index < -0.39 is 8.32 Å². The Morgan fingerprint density at radius 3 is 1.86 bits per heavy atom. The topological polar surface area (TPSA) is 46.0 Å². The Morgan fingerprint density at radius 1 is 0.659 bits per heavy atom. The van der Waals surface area contributed by atoms with Crippen LogP contribution < -0.4 is 5.46 Å². The minimum absolute atomic E-state index is 0.205. The monoisotopic (exact) mass is 586 g/mol. The van der Waals surface area contributed by atoms with Gasteiger partial charge in [0.1, 0.15) is 7.85 Å². The van der Waals surface area contributed by atoms with Crippen molar-refractivity contribution in [1.29, 1.82) is 0 Å². The molecule has 0 fully saturated rings. The van der Waals surface area contributed by atoms with E-state index in [1.54, 1.807) is 0 Å². The zero-order chi connectivity index (χ0) is 30.8. The average molecular weight is 587 g/mol. The lowest BCUT2D eigenvalue weighted by Gasteiger charge is -2.35. The molecule has 0 bridgehead atoms. The highest BCUT2D eigenvalue weighted by molar-refractivity contribution is 6.72. The van der Waals surface area contributed by atoms with Gasteiger partial charge in [0.2, 0.25) is 0 Å². The normalized spacial score (nSPS) is 12.5. The summed E-state index contributed by atoms with van der Waals surface area (Å²) in [4.78, 5) is 20.7. The predicted molar refractivity (Wildman–Crippen MR) is 190 cm³/mol. The van der Waals surface area contributed by atoms with Crippen molar-refractivity contribution in [2.45, 2.75) is 45.3 Å². The number of fused-ring (bicyclic) bond motifs is 4. The number of benzene rings is 5. The summed E-state index contributed by atoms with van der Waals surface area (Å²) < 4.78 is 0. The summed E-state index contributed by atoms with van der Waals surface area (Å²) in [5, 5.41) is 6.65. The smallest absolute Gasteiger partial charge is 0.188 e. The van der Waals surface area contributed by atoms with Crippen LogP contribution in [0.15, 0.2) is 103 Å². The van der Waals surface area contributed by atoms with Crippen molar-refractivity contribution in [3.05, 3.63) is 115 Å². The molecule has 0 saturated carbocycles. The number of hydrogen-bond acceptors (Lipinski definition) is 3. The molecule has 5 heteroatoms. The Hall–Kier alpha value is -4.32. The van der Waals surface area contributed by atoms with E-state index in [0.717, 1.165) is 66.7 Å². The van der Waals surface area contributed by atoms with Gasteiger partial charge < -0.3 is 4.80 Å². The Kier molecular flexibility index (Phi) is 6.72. The number of aromatic nitrogens is 2. The molecule has 214 valence electrons. The van der Waals surface area contributed by atoms with Gasteiger partial charge >= 0.3 is 0 Å². The van der Waals surface area contributed by atoms with Gasteiger partial charge in [0.05, 0.1) is 11.0 Å². The van der Waals surface area contributed by atoms with Crippen LogP contribution in [0.2, 0.25) is 18.1 Å². The summed E-state index contributed by atoms with van der Waals surface area (Å²) in [6, 6.07) is 32.3. The number of pyridine rings is 2. The first-order valence-electron chi connectivity index (χ1n) is 15.2. The van der Waals surface area contributed by atoms with E-state index in [-0.39, 0.29) is 5.04 Å². The quantitative estimate of drug-likeness (QED) is 0.162. The van der Waals surface area contributed by atoms with Gasteiger partial charge in [0, 0.05) is 23.2 Å². The van der Waals surface area contributed by atoms with Crippen LogP contribution in [-0.2, 0) is 6.42 Å². The molecule has 0 unspecified atom stereocenters. The molecule has 44 heavy (non-hydrogen) atoms. The van der Waals surface area contributed by atoms with Crippen LogP contribution in [0, 0.1) is 6.92 Å². The lowest BCUT2D eigenvalue weighted by atomic mass is 9.81. The summed E-state index contributed by atoms with van der Waals surface area (Å²) in [5.74, 6) is 0. The van der Waals surface area contributed by atoms with Crippen molar-refractivity contribution in [3.63, 3.8) is 0 Å². The minimum atomic E-state index is -2.42. The first-order chi connectivity index (χ1) is 21.0. The van der Waals surface area contributed by atoms with Crippen LogP contribution in [0.5, 0.6) is 0 Å². The van der Waals surface area contributed by atoms with E-state index in [9.17, 15) is 4.80 Å². The van der Waals surface area contributed by atoms with Gasteiger partial charge in [-0.05, 0) is 98.5 Å². The fraction of sp³-hybridized carbons (Fsp3) is 0.179. The first-order valence-corrected chi connectivity index (χ1v) is 18.2. The first kappa shape index (κ1) is 28.5. The summed E-state index contributed by atoms with van der Waals surface area (Å²) in [5.41, 5.74) is 9.69. The molecule has 2 radical (unpaired) electrons. The average Bonchev–Trinajstić information content (AvgIpc) is 3.00. The van der Waals surface area contributed by atoms with Crippen molar-refractivity contribution in [1.82, 2.24) is 9.97 Å². The van der Waals surface area contributed by atoms with Gasteiger partial charge in [-0.1, -0.05) is 98.2 Å². The van der Waals surface area contributed by atoms with E-state index in [2.05, 4.69) is 93.6 Å². The van der Waals surface area contributed by atoms with Crippen LogP contribution in [0.25, 0.3) is 65.6 Å². The zero-order valence-electron chi connectivity index (χ0n) is 25.9. The maximum absolute atomic E-state index is 11.1. The highest BCUT2D eigenvalue weighted by Crippen LogP contribution is 2.47. The SMILES string of the molecule is [B]c1ccc2c(-c3ccc(CC(C)(C)[Si](C)(C)O)c4ncccc34)c3ccccc3c(-c3ccc(C)c4ncccc34)c2c1. The highest BCUT2D eigenvalue weighted by Gasteiger charge is 2.38. The van der Waals surface area contributed by atoms with Gasteiger partial charge in [-0.2, -0.15) is 0 Å². The van der Waals surface area contributed by atoms with E-state index in [1.807, 2.05) is 43.7 Å². The lowest BCUT2D eigenvalue weighted by molar-refractivity contribution is 0.468. The van der Waals surface area contributed by atoms with Crippen LogP contribution in [-0.4, -0.2) is 30.9 Å². The molecular formula is C39H35BN2OSi. The summed E-state index contributed by atoms with van der Waals surface area (Å²) >= 11 is 0. The van der Waals surface area contributed by atoms with Gasteiger partial charge in [0.25, 0.3) is 0 Å². The second-order valence-corrected chi connectivity index (χ2v) is 17.7. The van der Waals surface area contributed by atoms with E-state index >= 15 is 0 Å². The van der Waals surface area contributed by atoms with Crippen LogP contribution in [0.4, 0.5) is 0 Å². The molecule has 3 nitrogen and oxygen atoms in total. The molecule has 0 spiro atoms. The standard InChI is InChI=1S/C39H35BN2OSi/c1-24-14-17-29(32-12-8-20-41-37(24)32)36-28-11-7-6-10-27(28)35(31-19-16-26(40)22-34(31)36)30-18-15-25(23-39(2,3)44(4,5)43)38-33(30)13-9-21-42-38/h6-22,43H,23H2,1-5H3. The molecule has 7 rings (SSSR count). The van der Waals surface area contributed by atoms with E-state index in [4.69, 9.17) is 17.8 Å². The Morgan fingerprint density at radius 2 is 1.20 bits per heavy atom. The third-order valence-corrected chi connectivity index (χ3v) is 13.2. The summed E-state index contributed by atoms with van der Waals surface area (Å²) in [6.45, 7) is 10.5. The Balaban J connectivity index is 1.58. The molecule has 0 aliphatic carbocycles. The number of aryl methyl sites for hydroxylation is 1. The fourth-order valence-electron chi connectivity index (χ4n) is 6.59. The number of nitrogens with zero attached hydrogens (tertiary/aromatic N) is 2. The molecule has 1 N–H and O–H groups in total. The number of hydrogen-bond donors (Lipinski definition) is 1. The van der Waals surface area contributed by atoms with Crippen molar-refractivity contribution in [3.8, 4) is 22.3 Å². The number of rotatable bonds is 5. The highest BCUT2D eigenvalue weighted by atomic mass is 28.4. The van der Waals surface area contributed by atoms with Crippen molar-refractivity contribution >= 4 is 65.0 Å². The summed E-state index contributed by atoms with van der Waals surface area (Å²) in [6.07, 6.45) is 4.51. The van der Waals surface area contributed by atoms with Crippen LogP contribution in [0.1, 0.15) is 25.0 Å². The zero-order valence-corrected chi connectivity index (χ0v) is 26.9. The molecule has 0 aliphatic heterocycles. The third kappa shape index (κ3) is 4.54. The Bertz CT molecular complexity index is 2250. The molecule has 5 aromatic carbocycles. The maximum Gasteiger partial charge on any atom is 0.188 e. The molecule has 0 aliphatic rings. The Labute approximate surface area is 261 Å². The lowest BCUT2D eigenvalue weighted by Crippen LogP contribution is -2.40. The largest absolute Gasteiger partial charge is 0.432 e. The predicted octanol–water partition coefficient (Wildman–Crippen LogP) is 9.05. The van der Waals surface area contributed by atoms with Gasteiger partial charge in [-0.15, -0.1) is 0 Å². The van der Waals surface area contributed by atoms with Gasteiger partial charge in [-0.3, -0.25) is 9.97 Å². The fourth-order valence-corrected chi connectivity index (χ4v) is 7.22. The molecule has 0 saturated heterocycles. The van der Waals surface area contributed by atoms with Crippen LogP contribution >= 0.6 is 0 Å². The summed E-state index contributed by atoms with van der Waals surface area (Å²) in [7, 11) is 4.09. The molecule has 2 heterocycles. The van der Waals surface area contributed by atoms with E-state index in [0.29, 0.717) is 0 Å². The minimum Gasteiger partial charge on any atom is -0.432 e. The van der Waals surface area contributed by atoms with Gasteiger partial charge in [-0.25, -0.2) is 0 Å². The van der Waals surface area contributed by atoms with E-state index in [1.165, 1.54) is 21.9 Å². The van der Waals surface area contributed by atoms with Crippen molar-refractivity contribution in [2.24, 2.45) is 0 Å².